The summed E-state index contributed by atoms with van der Waals surface area (Å²) in [4.78, 5) is 12.7. The molecule has 0 amide bonds. The molecule has 1 aliphatic rings. The average molecular weight is 245 g/mol. The molecule has 2 N–H and O–H groups in total. The van der Waals surface area contributed by atoms with E-state index in [0.717, 1.165) is 36.0 Å². The number of benzene rings is 1. The van der Waals surface area contributed by atoms with Crippen molar-refractivity contribution in [3.8, 4) is 0 Å². The molecule has 0 bridgehead atoms. The van der Waals surface area contributed by atoms with Gasteiger partial charge >= 0.3 is 0 Å². The first kappa shape index (κ1) is 13.3. The summed E-state index contributed by atoms with van der Waals surface area (Å²) in [5.41, 5.74) is 8.80. The van der Waals surface area contributed by atoms with Gasteiger partial charge in [-0.2, -0.15) is 0 Å². The topological polar surface area (TPSA) is 43.1 Å². The van der Waals surface area contributed by atoms with Crippen LogP contribution in [0.1, 0.15) is 54.1 Å². The molecule has 1 fully saturated rings. The number of carbonyl (C=O) groups is 1. The molecule has 2 rings (SSSR count). The summed E-state index contributed by atoms with van der Waals surface area (Å²) in [5.74, 6) is 0.688. The summed E-state index contributed by atoms with van der Waals surface area (Å²) in [6, 6.07) is 5.91. The average Bonchev–Trinajstić information content (AvgIpc) is 2.31. The van der Waals surface area contributed by atoms with Gasteiger partial charge in [-0.3, -0.25) is 4.79 Å². The van der Waals surface area contributed by atoms with Crippen LogP contribution in [0.5, 0.6) is 0 Å². The second kappa shape index (κ2) is 4.85. The van der Waals surface area contributed by atoms with E-state index in [1.807, 2.05) is 32.0 Å². The number of rotatable bonds is 2. The van der Waals surface area contributed by atoms with Crippen molar-refractivity contribution in [2.45, 2.75) is 52.0 Å². The van der Waals surface area contributed by atoms with E-state index in [0.29, 0.717) is 5.92 Å². The third-order valence-corrected chi connectivity index (χ3v) is 4.33. The molecule has 1 aromatic rings. The molecule has 0 aliphatic heterocycles. The third-order valence-electron chi connectivity index (χ3n) is 4.33. The van der Waals surface area contributed by atoms with E-state index < -0.39 is 5.54 Å². The predicted molar refractivity (Wildman–Crippen MR) is 74.8 cm³/mol. The highest BCUT2D eigenvalue weighted by molar-refractivity contribution is 6.04. The van der Waals surface area contributed by atoms with Crippen LogP contribution >= 0.6 is 0 Å². The van der Waals surface area contributed by atoms with Gasteiger partial charge in [-0.05, 0) is 43.7 Å². The van der Waals surface area contributed by atoms with Gasteiger partial charge in [0.1, 0.15) is 0 Å². The van der Waals surface area contributed by atoms with Gasteiger partial charge in [0.25, 0.3) is 0 Å². The van der Waals surface area contributed by atoms with Crippen LogP contribution in [-0.2, 0) is 0 Å². The van der Waals surface area contributed by atoms with Crippen LogP contribution in [0.2, 0.25) is 0 Å². The first-order valence-electron chi connectivity index (χ1n) is 6.84. The van der Waals surface area contributed by atoms with Gasteiger partial charge in [-0.25, -0.2) is 0 Å². The molecule has 98 valence electrons. The zero-order valence-corrected chi connectivity index (χ0v) is 11.6. The lowest BCUT2D eigenvalue weighted by molar-refractivity contribution is 0.0819. The Morgan fingerprint density at radius 3 is 2.78 bits per heavy atom. The van der Waals surface area contributed by atoms with Crippen LogP contribution in [0.25, 0.3) is 0 Å². The highest BCUT2D eigenvalue weighted by Gasteiger charge is 2.38. The second-order valence-corrected chi connectivity index (χ2v) is 5.93. The fraction of sp³-hybridized carbons (Fsp3) is 0.562. The Hall–Kier alpha value is -1.15. The molecule has 0 saturated heterocycles. The minimum Gasteiger partial charge on any atom is -0.319 e. The monoisotopic (exact) mass is 245 g/mol. The zero-order chi connectivity index (χ0) is 13.3. The van der Waals surface area contributed by atoms with Gasteiger partial charge in [-0.15, -0.1) is 0 Å². The molecular weight excluding hydrogens is 222 g/mol. The lowest BCUT2D eigenvalue weighted by Crippen LogP contribution is -2.51. The smallest absolute Gasteiger partial charge is 0.182 e. The van der Waals surface area contributed by atoms with Gasteiger partial charge in [0.15, 0.2) is 5.78 Å². The van der Waals surface area contributed by atoms with Crippen molar-refractivity contribution in [2.75, 3.05) is 0 Å². The van der Waals surface area contributed by atoms with Crippen molar-refractivity contribution >= 4 is 5.78 Å². The maximum absolute atomic E-state index is 12.7. The minimum absolute atomic E-state index is 0.134. The summed E-state index contributed by atoms with van der Waals surface area (Å²) in [6.45, 7) is 6.24. The molecule has 1 aromatic carbocycles. The molecule has 2 nitrogen and oxygen atoms in total. The number of Topliss-reactive ketones (excluding diaryl/α,β-unsaturated/α-hetero) is 1. The Labute approximate surface area is 110 Å². The number of carbonyl (C=O) groups excluding carboxylic acids is 1. The maximum atomic E-state index is 12.7. The van der Waals surface area contributed by atoms with Crippen LogP contribution in [0.3, 0.4) is 0 Å². The SMILES string of the molecule is Cc1cccc(C(=O)C2(N)CCCC(C)C2)c1C. The van der Waals surface area contributed by atoms with Gasteiger partial charge in [-0.1, -0.05) is 38.0 Å². The normalized spacial score (nSPS) is 28.1. The van der Waals surface area contributed by atoms with E-state index in [1.54, 1.807) is 0 Å². The van der Waals surface area contributed by atoms with Crippen molar-refractivity contribution < 1.29 is 4.79 Å². The van der Waals surface area contributed by atoms with Crippen molar-refractivity contribution in [3.05, 3.63) is 34.9 Å². The number of aryl methyl sites for hydroxylation is 1. The van der Waals surface area contributed by atoms with Gasteiger partial charge in [0.2, 0.25) is 0 Å². The number of nitrogens with two attached hydrogens (primary N) is 1. The number of ketones is 1. The maximum Gasteiger partial charge on any atom is 0.182 e. The summed E-state index contributed by atoms with van der Waals surface area (Å²) < 4.78 is 0. The lowest BCUT2D eigenvalue weighted by atomic mass is 9.72. The van der Waals surface area contributed by atoms with Crippen molar-refractivity contribution in [1.82, 2.24) is 0 Å². The summed E-state index contributed by atoms with van der Waals surface area (Å²) >= 11 is 0. The molecule has 1 saturated carbocycles. The summed E-state index contributed by atoms with van der Waals surface area (Å²) in [7, 11) is 0. The van der Waals surface area contributed by atoms with E-state index in [-0.39, 0.29) is 5.78 Å². The second-order valence-electron chi connectivity index (χ2n) is 5.93. The minimum atomic E-state index is -0.643. The molecule has 0 radical (unpaired) electrons. The van der Waals surface area contributed by atoms with Crippen molar-refractivity contribution in [3.63, 3.8) is 0 Å². The van der Waals surface area contributed by atoms with E-state index in [9.17, 15) is 4.79 Å². The Kier molecular flexibility index (Phi) is 3.58. The zero-order valence-electron chi connectivity index (χ0n) is 11.6. The van der Waals surface area contributed by atoms with Gasteiger partial charge in [0, 0.05) is 5.56 Å². The fourth-order valence-corrected chi connectivity index (χ4v) is 3.06. The van der Waals surface area contributed by atoms with E-state index in [2.05, 4.69) is 6.92 Å². The summed E-state index contributed by atoms with van der Waals surface area (Å²) in [5, 5.41) is 0. The van der Waals surface area contributed by atoms with Crippen LogP contribution < -0.4 is 5.73 Å². The standard InChI is InChI=1S/C16H23NO/c1-11-6-5-9-16(17,10-11)15(18)14-8-4-7-12(2)13(14)3/h4,7-8,11H,5-6,9-10,17H2,1-3H3. The van der Waals surface area contributed by atoms with Crippen LogP contribution in [-0.4, -0.2) is 11.3 Å². The van der Waals surface area contributed by atoms with Gasteiger partial charge < -0.3 is 5.73 Å². The van der Waals surface area contributed by atoms with Crippen molar-refractivity contribution in [2.24, 2.45) is 11.7 Å². The first-order chi connectivity index (χ1) is 8.44. The molecule has 18 heavy (non-hydrogen) atoms. The quantitative estimate of drug-likeness (QED) is 0.812. The Morgan fingerprint density at radius 1 is 1.39 bits per heavy atom. The van der Waals surface area contributed by atoms with E-state index in [4.69, 9.17) is 5.73 Å². The van der Waals surface area contributed by atoms with E-state index in [1.165, 1.54) is 6.42 Å². The van der Waals surface area contributed by atoms with Crippen LogP contribution in [0, 0.1) is 19.8 Å². The predicted octanol–water partition coefficient (Wildman–Crippen LogP) is 3.39. The van der Waals surface area contributed by atoms with Crippen LogP contribution in [0.4, 0.5) is 0 Å². The number of hydrogen-bond acceptors (Lipinski definition) is 2. The molecule has 0 heterocycles. The molecule has 1 aliphatic carbocycles. The molecule has 0 aromatic heterocycles. The van der Waals surface area contributed by atoms with Crippen LogP contribution in [0.15, 0.2) is 18.2 Å². The summed E-state index contributed by atoms with van der Waals surface area (Å²) in [6.07, 6.45) is 3.90. The largest absolute Gasteiger partial charge is 0.319 e. The first-order valence-corrected chi connectivity index (χ1v) is 6.84. The van der Waals surface area contributed by atoms with Crippen molar-refractivity contribution in [1.29, 1.82) is 0 Å². The van der Waals surface area contributed by atoms with Gasteiger partial charge in [0.05, 0.1) is 5.54 Å². The lowest BCUT2D eigenvalue weighted by Gasteiger charge is -2.35. The Bertz CT molecular complexity index is 466. The third kappa shape index (κ3) is 2.35. The molecule has 2 unspecified atom stereocenters. The number of hydrogen-bond donors (Lipinski definition) is 1. The highest BCUT2D eigenvalue weighted by Crippen LogP contribution is 2.33. The molecular formula is C16H23NO. The highest BCUT2D eigenvalue weighted by atomic mass is 16.1. The Morgan fingerprint density at radius 2 is 2.11 bits per heavy atom. The Balaban J connectivity index is 2.33. The molecule has 0 spiro atoms. The van der Waals surface area contributed by atoms with E-state index >= 15 is 0 Å². The molecule has 2 heteroatoms. The molecule has 2 atom stereocenters. The fourth-order valence-electron chi connectivity index (χ4n) is 3.06.